The first-order valence-electron chi connectivity index (χ1n) is 5.20. The lowest BCUT2D eigenvalue weighted by atomic mass is 10.5. The standard InChI is InChI=1S/C10H21NO2Si2/c1-6-14(2,3)13-15(4,5)9-7-8-11-10-12/h6H,1,7-9H2,2-5H3. The summed E-state index contributed by atoms with van der Waals surface area (Å²) in [7, 11) is -3.27. The molecule has 0 aromatic rings. The Hall–Kier alpha value is -0.486. The highest BCUT2D eigenvalue weighted by molar-refractivity contribution is 6.87. The largest absolute Gasteiger partial charge is 0.453 e. The summed E-state index contributed by atoms with van der Waals surface area (Å²) < 4.78 is 6.17. The lowest BCUT2D eigenvalue weighted by molar-refractivity contribution is 0.548. The number of isocyanates is 1. The molecule has 0 heterocycles. The van der Waals surface area contributed by atoms with E-state index in [4.69, 9.17) is 4.12 Å². The minimum absolute atomic E-state index is 0.569. The summed E-state index contributed by atoms with van der Waals surface area (Å²) in [4.78, 5) is 13.4. The van der Waals surface area contributed by atoms with E-state index in [0.717, 1.165) is 12.5 Å². The molecule has 0 aliphatic carbocycles. The molecule has 0 aliphatic heterocycles. The second-order valence-corrected chi connectivity index (χ2v) is 13.2. The predicted octanol–water partition coefficient (Wildman–Crippen LogP) is 2.86. The SMILES string of the molecule is C=C[Si](C)(C)O[Si](C)(C)CCCN=C=O. The number of hydrogen-bond acceptors (Lipinski definition) is 3. The van der Waals surface area contributed by atoms with E-state index < -0.39 is 16.6 Å². The zero-order chi connectivity index (χ0) is 11.9. The lowest BCUT2D eigenvalue weighted by Crippen LogP contribution is -2.43. The minimum Gasteiger partial charge on any atom is -0.453 e. The van der Waals surface area contributed by atoms with Crippen LogP contribution in [-0.2, 0) is 8.91 Å². The molecule has 0 atom stereocenters. The zero-order valence-electron chi connectivity index (χ0n) is 10.2. The topological polar surface area (TPSA) is 38.7 Å². The average molecular weight is 243 g/mol. The van der Waals surface area contributed by atoms with E-state index in [9.17, 15) is 4.79 Å². The van der Waals surface area contributed by atoms with Crippen molar-refractivity contribution in [3.05, 3.63) is 12.3 Å². The van der Waals surface area contributed by atoms with Crippen molar-refractivity contribution in [2.45, 2.75) is 38.7 Å². The number of nitrogens with zero attached hydrogens (tertiary/aromatic N) is 1. The van der Waals surface area contributed by atoms with Gasteiger partial charge in [-0.1, -0.05) is 5.70 Å². The Bertz CT molecular complexity index is 258. The van der Waals surface area contributed by atoms with Crippen LogP contribution in [0.1, 0.15) is 6.42 Å². The molecule has 0 radical (unpaired) electrons. The number of rotatable bonds is 7. The van der Waals surface area contributed by atoms with E-state index in [-0.39, 0.29) is 0 Å². The zero-order valence-corrected chi connectivity index (χ0v) is 12.2. The van der Waals surface area contributed by atoms with E-state index in [2.05, 4.69) is 37.8 Å². The summed E-state index contributed by atoms with van der Waals surface area (Å²) in [6.07, 6.45) is 2.47. The summed E-state index contributed by atoms with van der Waals surface area (Å²) in [5.74, 6) is 0. The quantitative estimate of drug-likeness (QED) is 0.298. The van der Waals surface area contributed by atoms with Crippen LogP contribution in [-0.4, -0.2) is 29.3 Å². The third-order valence-electron chi connectivity index (χ3n) is 2.14. The van der Waals surface area contributed by atoms with Crippen LogP contribution in [0.2, 0.25) is 32.2 Å². The van der Waals surface area contributed by atoms with Crippen molar-refractivity contribution in [1.29, 1.82) is 0 Å². The minimum atomic E-state index is -1.66. The first-order valence-corrected chi connectivity index (χ1v) is 11.3. The molecule has 0 rings (SSSR count). The predicted molar refractivity (Wildman–Crippen MR) is 68.7 cm³/mol. The Morgan fingerprint density at radius 3 is 2.47 bits per heavy atom. The van der Waals surface area contributed by atoms with Crippen LogP contribution in [0.3, 0.4) is 0 Å². The van der Waals surface area contributed by atoms with Gasteiger partial charge in [-0.05, 0) is 38.7 Å². The van der Waals surface area contributed by atoms with Crippen LogP contribution in [0.25, 0.3) is 0 Å². The lowest BCUT2D eigenvalue weighted by Gasteiger charge is -2.31. The second kappa shape index (κ2) is 6.17. The summed E-state index contributed by atoms with van der Waals surface area (Å²) in [5, 5.41) is 0. The fraction of sp³-hybridized carbons (Fsp3) is 0.700. The van der Waals surface area contributed by atoms with Crippen LogP contribution >= 0.6 is 0 Å². The van der Waals surface area contributed by atoms with Gasteiger partial charge in [0.05, 0.1) is 6.54 Å². The van der Waals surface area contributed by atoms with Gasteiger partial charge in [0.25, 0.3) is 0 Å². The van der Waals surface area contributed by atoms with Crippen molar-refractivity contribution >= 4 is 22.7 Å². The number of aliphatic imine (C=N–C) groups is 1. The fourth-order valence-corrected chi connectivity index (χ4v) is 8.88. The van der Waals surface area contributed by atoms with Gasteiger partial charge in [-0.2, -0.15) is 0 Å². The maximum atomic E-state index is 9.89. The van der Waals surface area contributed by atoms with Crippen molar-refractivity contribution in [1.82, 2.24) is 0 Å². The van der Waals surface area contributed by atoms with Gasteiger partial charge in [0.2, 0.25) is 6.08 Å². The number of carbonyl (C=O) groups excluding carboxylic acids is 1. The Morgan fingerprint density at radius 2 is 2.00 bits per heavy atom. The summed E-state index contributed by atoms with van der Waals surface area (Å²) in [5.41, 5.74) is 1.96. The molecule has 0 unspecified atom stereocenters. The monoisotopic (exact) mass is 243 g/mol. The van der Waals surface area contributed by atoms with Crippen LogP contribution in [0.5, 0.6) is 0 Å². The molecule has 86 valence electrons. The molecule has 3 nitrogen and oxygen atoms in total. The molecule has 0 saturated carbocycles. The van der Waals surface area contributed by atoms with Crippen molar-refractivity contribution in [3.63, 3.8) is 0 Å². The molecule has 5 heteroatoms. The van der Waals surface area contributed by atoms with Gasteiger partial charge in [-0.25, -0.2) is 9.79 Å². The molecule has 0 saturated heterocycles. The molecule has 0 amide bonds. The third kappa shape index (κ3) is 7.44. The van der Waals surface area contributed by atoms with Crippen molar-refractivity contribution in [2.24, 2.45) is 4.99 Å². The first kappa shape index (κ1) is 14.5. The molecule has 0 N–H and O–H groups in total. The highest BCUT2D eigenvalue weighted by Crippen LogP contribution is 2.20. The Labute approximate surface area is 94.5 Å². The van der Waals surface area contributed by atoms with Gasteiger partial charge >= 0.3 is 0 Å². The molecule has 0 spiro atoms. The van der Waals surface area contributed by atoms with Crippen LogP contribution in [0.4, 0.5) is 0 Å². The molecule has 15 heavy (non-hydrogen) atoms. The average Bonchev–Trinajstić information content (AvgIpc) is 2.11. The van der Waals surface area contributed by atoms with Gasteiger partial charge < -0.3 is 4.12 Å². The van der Waals surface area contributed by atoms with Gasteiger partial charge in [-0.3, -0.25) is 0 Å². The third-order valence-corrected chi connectivity index (χ3v) is 9.00. The van der Waals surface area contributed by atoms with Crippen molar-refractivity contribution < 1.29 is 8.91 Å². The maximum absolute atomic E-state index is 9.89. The van der Waals surface area contributed by atoms with Crippen LogP contribution < -0.4 is 0 Å². The van der Waals surface area contributed by atoms with E-state index >= 15 is 0 Å². The smallest absolute Gasteiger partial charge is 0.234 e. The molecule has 0 fully saturated rings. The molecule has 0 aromatic heterocycles. The molecular formula is C10H21NO2Si2. The highest BCUT2D eigenvalue weighted by Gasteiger charge is 2.30. The summed E-state index contributed by atoms with van der Waals surface area (Å²) in [6, 6.07) is 1.03. The summed E-state index contributed by atoms with van der Waals surface area (Å²) in [6.45, 7) is 13.1. The van der Waals surface area contributed by atoms with E-state index in [1.807, 2.05) is 5.70 Å². The molecule has 0 aliphatic rings. The molecule has 0 bridgehead atoms. The summed E-state index contributed by atoms with van der Waals surface area (Å²) >= 11 is 0. The first-order chi connectivity index (χ1) is 6.83. The van der Waals surface area contributed by atoms with Gasteiger partial charge in [0, 0.05) is 0 Å². The second-order valence-electron chi connectivity index (χ2n) is 4.75. The Kier molecular flexibility index (Phi) is 5.97. The number of hydrogen-bond donors (Lipinski definition) is 0. The maximum Gasteiger partial charge on any atom is 0.234 e. The fourth-order valence-electron chi connectivity index (χ4n) is 1.43. The highest BCUT2D eigenvalue weighted by atomic mass is 28.4. The van der Waals surface area contributed by atoms with Gasteiger partial charge in [-0.15, -0.1) is 6.58 Å². The van der Waals surface area contributed by atoms with Crippen molar-refractivity contribution in [3.8, 4) is 0 Å². The van der Waals surface area contributed by atoms with Crippen molar-refractivity contribution in [2.75, 3.05) is 6.54 Å². The van der Waals surface area contributed by atoms with E-state index in [0.29, 0.717) is 6.54 Å². The van der Waals surface area contributed by atoms with Crippen LogP contribution in [0.15, 0.2) is 17.3 Å². The van der Waals surface area contributed by atoms with Gasteiger partial charge in [0.1, 0.15) is 0 Å². The van der Waals surface area contributed by atoms with Crippen LogP contribution in [0, 0.1) is 0 Å². The van der Waals surface area contributed by atoms with E-state index in [1.165, 1.54) is 0 Å². The molecule has 0 aromatic carbocycles. The molecular weight excluding hydrogens is 222 g/mol. The normalized spacial score (nSPS) is 12.0. The Morgan fingerprint density at radius 1 is 1.40 bits per heavy atom. The van der Waals surface area contributed by atoms with Gasteiger partial charge in [0.15, 0.2) is 16.6 Å². The Balaban J connectivity index is 4.06. The van der Waals surface area contributed by atoms with E-state index in [1.54, 1.807) is 6.08 Å².